The van der Waals surface area contributed by atoms with Crippen molar-refractivity contribution in [3.63, 3.8) is 0 Å². The van der Waals surface area contributed by atoms with Crippen LogP contribution in [0, 0.1) is 0 Å². The smallest absolute Gasteiger partial charge is 0.201 e. The summed E-state index contributed by atoms with van der Waals surface area (Å²) in [6.07, 6.45) is 7.42. The van der Waals surface area contributed by atoms with Crippen LogP contribution >= 0.6 is 0 Å². The van der Waals surface area contributed by atoms with E-state index in [0.717, 1.165) is 45.9 Å². The Kier molecular flexibility index (Phi) is 4.29. The number of hydrogen-bond acceptors (Lipinski definition) is 4. The first-order valence-electron chi connectivity index (χ1n) is 9.58. The van der Waals surface area contributed by atoms with Gasteiger partial charge in [-0.2, -0.15) is 0 Å². The van der Waals surface area contributed by atoms with Crippen molar-refractivity contribution >= 4 is 27.4 Å². The molecule has 4 aromatic rings. The number of ether oxygens (including phenoxy) is 1. The zero-order chi connectivity index (χ0) is 18.9. The van der Waals surface area contributed by atoms with E-state index in [4.69, 9.17) is 9.72 Å². The maximum absolute atomic E-state index is 10.9. The van der Waals surface area contributed by atoms with Gasteiger partial charge in [0.1, 0.15) is 0 Å². The Morgan fingerprint density at radius 1 is 1.07 bits per heavy atom. The molecule has 4 heterocycles. The molecule has 0 atom stereocenters. The summed E-state index contributed by atoms with van der Waals surface area (Å²) in [4.78, 5) is 9.19. The van der Waals surface area contributed by atoms with Crippen molar-refractivity contribution < 1.29 is 9.84 Å². The van der Waals surface area contributed by atoms with E-state index in [-0.39, 0.29) is 5.88 Å². The molecule has 28 heavy (non-hydrogen) atoms. The Morgan fingerprint density at radius 2 is 2.00 bits per heavy atom. The Balaban J connectivity index is 1.46. The van der Waals surface area contributed by atoms with Gasteiger partial charge >= 0.3 is 0 Å². The van der Waals surface area contributed by atoms with E-state index in [9.17, 15) is 5.11 Å². The molecule has 0 fully saturated rings. The summed E-state index contributed by atoms with van der Waals surface area (Å²) in [5, 5.41) is 12.9. The summed E-state index contributed by atoms with van der Waals surface area (Å²) in [5.41, 5.74) is 5.08. The van der Waals surface area contributed by atoms with Gasteiger partial charge in [0.25, 0.3) is 0 Å². The van der Waals surface area contributed by atoms with Crippen LogP contribution in [-0.4, -0.2) is 32.9 Å². The molecule has 3 aromatic heterocycles. The standard InChI is InChI=1S/C23H21N3O2/c27-23-22-19(16-9-13-28-14-10-16)7-11-24-21(22)15-26(23)12-8-18-6-5-17-3-1-2-4-20(17)25-18/h1-7,9,11,15,27H,8,10,12-14H2. The number of aryl methyl sites for hydroxylation is 2. The van der Waals surface area contributed by atoms with Crippen LogP contribution in [0.5, 0.6) is 5.88 Å². The SMILES string of the molecule is Oc1c2c(C3=CCOCC3)ccnc2cn1CCc1ccc2ccccc2n1. The number of fused-ring (bicyclic) bond motifs is 2. The summed E-state index contributed by atoms with van der Waals surface area (Å²) in [6, 6.07) is 14.2. The maximum atomic E-state index is 10.9. The molecule has 0 radical (unpaired) electrons. The van der Waals surface area contributed by atoms with Crippen LogP contribution in [0.3, 0.4) is 0 Å². The first kappa shape index (κ1) is 17.0. The van der Waals surface area contributed by atoms with E-state index in [0.29, 0.717) is 19.8 Å². The summed E-state index contributed by atoms with van der Waals surface area (Å²) in [5.74, 6) is 0.270. The van der Waals surface area contributed by atoms with Gasteiger partial charge in [0.15, 0.2) is 0 Å². The minimum Gasteiger partial charge on any atom is -0.494 e. The van der Waals surface area contributed by atoms with Crippen molar-refractivity contribution in [3.05, 3.63) is 72.2 Å². The molecule has 1 aliphatic heterocycles. The third-order valence-electron chi connectivity index (χ3n) is 5.33. The lowest BCUT2D eigenvalue weighted by atomic mass is 9.99. The quantitative estimate of drug-likeness (QED) is 0.580. The van der Waals surface area contributed by atoms with Crippen LogP contribution in [0.25, 0.3) is 27.4 Å². The topological polar surface area (TPSA) is 60.2 Å². The minimum absolute atomic E-state index is 0.270. The largest absolute Gasteiger partial charge is 0.494 e. The first-order chi connectivity index (χ1) is 13.8. The van der Waals surface area contributed by atoms with Crippen LogP contribution in [0.4, 0.5) is 0 Å². The van der Waals surface area contributed by atoms with Gasteiger partial charge in [0.2, 0.25) is 5.88 Å². The summed E-state index contributed by atoms with van der Waals surface area (Å²) >= 11 is 0. The lowest BCUT2D eigenvalue weighted by Crippen LogP contribution is -2.04. The number of rotatable bonds is 4. The third-order valence-corrected chi connectivity index (χ3v) is 5.33. The van der Waals surface area contributed by atoms with Gasteiger partial charge in [-0.3, -0.25) is 9.97 Å². The van der Waals surface area contributed by atoms with Crippen LogP contribution in [0.1, 0.15) is 17.7 Å². The van der Waals surface area contributed by atoms with Gasteiger partial charge in [-0.15, -0.1) is 0 Å². The van der Waals surface area contributed by atoms with Crippen molar-refractivity contribution in [1.82, 2.24) is 14.5 Å². The fourth-order valence-corrected chi connectivity index (χ4v) is 3.86. The molecule has 5 nitrogen and oxygen atoms in total. The number of pyridine rings is 2. The zero-order valence-corrected chi connectivity index (χ0v) is 15.5. The first-order valence-corrected chi connectivity index (χ1v) is 9.58. The van der Waals surface area contributed by atoms with E-state index in [1.165, 1.54) is 5.57 Å². The van der Waals surface area contributed by atoms with Crippen molar-refractivity contribution in [3.8, 4) is 5.88 Å². The highest BCUT2D eigenvalue weighted by molar-refractivity contribution is 5.95. The lowest BCUT2D eigenvalue weighted by molar-refractivity contribution is 0.161. The van der Waals surface area contributed by atoms with E-state index >= 15 is 0 Å². The van der Waals surface area contributed by atoms with Crippen LogP contribution in [0.15, 0.2) is 60.9 Å². The van der Waals surface area contributed by atoms with E-state index in [2.05, 4.69) is 29.3 Å². The van der Waals surface area contributed by atoms with Crippen LogP contribution in [0.2, 0.25) is 0 Å². The van der Waals surface area contributed by atoms with Crippen molar-refractivity contribution in [1.29, 1.82) is 0 Å². The van der Waals surface area contributed by atoms with E-state index in [1.54, 1.807) is 0 Å². The van der Waals surface area contributed by atoms with Gasteiger partial charge in [0, 0.05) is 36.4 Å². The monoisotopic (exact) mass is 371 g/mol. The maximum Gasteiger partial charge on any atom is 0.201 e. The highest BCUT2D eigenvalue weighted by atomic mass is 16.5. The second kappa shape index (κ2) is 7.09. The molecule has 0 unspecified atom stereocenters. The number of para-hydroxylation sites is 1. The molecule has 0 saturated heterocycles. The number of aromatic nitrogens is 3. The van der Waals surface area contributed by atoms with Crippen molar-refractivity contribution in [2.75, 3.05) is 13.2 Å². The fourth-order valence-electron chi connectivity index (χ4n) is 3.86. The molecule has 5 heteroatoms. The summed E-state index contributed by atoms with van der Waals surface area (Å²) in [6.45, 7) is 1.98. The molecule has 0 saturated carbocycles. The fraction of sp³-hybridized carbons (Fsp3) is 0.217. The molecule has 1 aliphatic rings. The predicted octanol–water partition coefficient (Wildman–Crippen LogP) is 4.34. The molecule has 1 N–H and O–H groups in total. The molecule has 0 spiro atoms. The number of hydrogen-bond donors (Lipinski definition) is 1. The van der Waals surface area contributed by atoms with Crippen LogP contribution < -0.4 is 0 Å². The Labute approximate surface area is 162 Å². The molecule has 0 aliphatic carbocycles. The molecule has 5 rings (SSSR count). The summed E-state index contributed by atoms with van der Waals surface area (Å²) in [7, 11) is 0. The van der Waals surface area contributed by atoms with Gasteiger partial charge < -0.3 is 14.4 Å². The average molecular weight is 371 g/mol. The average Bonchev–Trinajstić information content (AvgIpc) is 3.08. The lowest BCUT2D eigenvalue weighted by Gasteiger charge is -2.14. The highest BCUT2D eigenvalue weighted by Gasteiger charge is 2.17. The zero-order valence-electron chi connectivity index (χ0n) is 15.5. The normalized spacial score (nSPS) is 14.5. The van der Waals surface area contributed by atoms with E-state index < -0.39 is 0 Å². The Bertz CT molecular complexity index is 1190. The number of benzene rings is 1. The van der Waals surface area contributed by atoms with E-state index in [1.807, 2.05) is 41.2 Å². The number of nitrogens with zero attached hydrogens (tertiary/aromatic N) is 3. The minimum atomic E-state index is 0.270. The van der Waals surface area contributed by atoms with Gasteiger partial charge in [-0.25, -0.2) is 0 Å². The second-order valence-corrected chi connectivity index (χ2v) is 7.06. The van der Waals surface area contributed by atoms with Gasteiger partial charge in [0.05, 0.1) is 29.6 Å². The van der Waals surface area contributed by atoms with Gasteiger partial charge in [-0.1, -0.05) is 30.3 Å². The Hall–Kier alpha value is -3.18. The van der Waals surface area contributed by atoms with Crippen molar-refractivity contribution in [2.45, 2.75) is 19.4 Å². The van der Waals surface area contributed by atoms with Gasteiger partial charge in [-0.05, 0) is 35.8 Å². The third kappa shape index (κ3) is 3.04. The molecular weight excluding hydrogens is 350 g/mol. The van der Waals surface area contributed by atoms with Crippen LogP contribution in [-0.2, 0) is 17.7 Å². The van der Waals surface area contributed by atoms with Crippen molar-refractivity contribution in [2.24, 2.45) is 0 Å². The molecule has 1 aromatic carbocycles. The molecule has 0 bridgehead atoms. The Morgan fingerprint density at radius 3 is 2.89 bits per heavy atom. The predicted molar refractivity (Wildman–Crippen MR) is 110 cm³/mol. The molecule has 140 valence electrons. The second-order valence-electron chi connectivity index (χ2n) is 7.06. The highest BCUT2D eigenvalue weighted by Crippen LogP contribution is 2.34. The molecule has 0 amide bonds. The number of aromatic hydroxyl groups is 1. The summed E-state index contributed by atoms with van der Waals surface area (Å²) < 4.78 is 7.29. The molecular formula is C23H21N3O2.